The monoisotopic (exact) mass is 642 g/mol. The Morgan fingerprint density at radius 3 is 1.60 bits per heavy atom. The Morgan fingerprint density at radius 1 is 0.400 bits per heavy atom. The molecule has 2 heterocycles. The van der Waals surface area contributed by atoms with Gasteiger partial charge in [0.15, 0.2) is 11.2 Å². The minimum Gasteiger partial charge on any atom is -0.436 e. The van der Waals surface area contributed by atoms with Crippen molar-refractivity contribution >= 4 is 22.2 Å². The normalized spacial score (nSPS) is 15.0. The predicted molar refractivity (Wildman–Crippen MR) is 201 cm³/mol. The highest BCUT2D eigenvalue weighted by Gasteiger charge is 2.40. The maximum Gasteiger partial charge on any atom is 0.227 e. The molecular formula is C46H30N2O2. The quantitative estimate of drug-likeness (QED) is 0.187. The number of para-hydroxylation sites is 4. The zero-order chi connectivity index (χ0) is 33.2. The number of aromatic nitrogens is 2. The number of oxazole rings is 2. The molecule has 0 bridgehead atoms. The number of nitrogens with zero attached hydrogens (tertiary/aromatic N) is 2. The summed E-state index contributed by atoms with van der Waals surface area (Å²) in [6, 6.07) is 57.4. The number of hydrogen-bond acceptors (Lipinski definition) is 4. The van der Waals surface area contributed by atoms with Crippen molar-refractivity contribution in [2.45, 2.75) is 12.3 Å². The van der Waals surface area contributed by atoms with E-state index in [0.717, 1.165) is 50.0 Å². The Morgan fingerprint density at radius 2 is 0.920 bits per heavy atom. The molecule has 50 heavy (non-hydrogen) atoms. The summed E-state index contributed by atoms with van der Waals surface area (Å²) in [5, 5.41) is 0. The minimum atomic E-state index is -0.261. The molecule has 0 amide bonds. The first kappa shape index (κ1) is 28.5. The molecule has 1 aliphatic rings. The van der Waals surface area contributed by atoms with E-state index < -0.39 is 0 Å². The van der Waals surface area contributed by atoms with Crippen molar-refractivity contribution in [3.05, 3.63) is 180 Å². The largest absolute Gasteiger partial charge is 0.436 e. The molecule has 0 fully saturated rings. The van der Waals surface area contributed by atoms with Crippen LogP contribution in [-0.4, -0.2) is 9.97 Å². The fourth-order valence-corrected chi connectivity index (χ4v) is 7.66. The molecule has 0 spiro atoms. The molecule has 10 rings (SSSR count). The maximum atomic E-state index is 6.25. The molecule has 4 heteroatoms. The van der Waals surface area contributed by atoms with E-state index in [4.69, 9.17) is 18.8 Å². The van der Waals surface area contributed by atoms with E-state index in [2.05, 4.69) is 116 Å². The third-order valence-electron chi connectivity index (χ3n) is 10.2. The van der Waals surface area contributed by atoms with E-state index in [1.807, 2.05) is 54.6 Å². The second kappa shape index (κ2) is 11.0. The third kappa shape index (κ3) is 4.46. The van der Waals surface area contributed by atoms with Crippen LogP contribution in [0.3, 0.4) is 0 Å². The Bertz CT molecular complexity index is 2580. The van der Waals surface area contributed by atoms with Gasteiger partial charge in [-0.15, -0.1) is 0 Å². The van der Waals surface area contributed by atoms with Gasteiger partial charge in [0.1, 0.15) is 11.0 Å². The number of rotatable bonds is 5. The van der Waals surface area contributed by atoms with Gasteiger partial charge in [0.25, 0.3) is 0 Å². The molecular weight excluding hydrogens is 613 g/mol. The standard InChI is InChI=1S/C46H30N2O2/c1-46(35-14-3-2-4-15-35)38-17-6-5-16-36(38)37-23-22-31(28-39(37)46)29-12-11-13-30(24-29)32-25-33(44-47-40-18-7-9-20-42(40)49-44)27-34(26-32)45-48-41-19-8-10-21-43(41)50-45/h2-28H,1H3. The first-order valence-corrected chi connectivity index (χ1v) is 16.9. The van der Waals surface area contributed by atoms with Crippen molar-refractivity contribution in [1.29, 1.82) is 0 Å². The molecule has 0 aliphatic heterocycles. The lowest BCUT2D eigenvalue weighted by atomic mass is 9.74. The van der Waals surface area contributed by atoms with Gasteiger partial charge in [0, 0.05) is 16.5 Å². The fourth-order valence-electron chi connectivity index (χ4n) is 7.66. The average molecular weight is 643 g/mol. The Kier molecular flexibility index (Phi) is 6.27. The van der Waals surface area contributed by atoms with Crippen LogP contribution in [0.25, 0.3) is 78.5 Å². The minimum absolute atomic E-state index is 0.261. The highest BCUT2D eigenvalue weighted by Crippen LogP contribution is 2.53. The summed E-state index contributed by atoms with van der Waals surface area (Å²) in [6.07, 6.45) is 0. The maximum absolute atomic E-state index is 6.25. The SMILES string of the molecule is CC1(c2ccccc2)c2ccccc2-c2ccc(-c3cccc(-c4cc(-c5nc6ccccc6o5)cc(-c5nc6ccccc6o5)c4)c3)cc21. The van der Waals surface area contributed by atoms with Gasteiger partial charge in [-0.1, -0.05) is 109 Å². The van der Waals surface area contributed by atoms with Gasteiger partial charge in [-0.05, 0) is 112 Å². The van der Waals surface area contributed by atoms with Gasteiger partial charge in [0.2, 0.25) is 11.8 Å². The van der Waals surface area contributed by atoms with E-state index in [9.17, 15) is 0 Å². The lowest BCUT2D eigenvalue weighted by Crippen LogP contribution is -2.22. The van der Waals surface area contributed by atoms with Crippen LogP contribution in [0, 0.1) is 0 Å². The second-order valence-corrected chi connectivity index (χ2v) is 13.2. The number of hydrogen-bond donors (Lipinski definition) is 0. The molecule has 2 aromatic heterocycles. The molecule has 1 unspecified atom stereocenters. The first-order chi connectivity index (χ1) is 24.6. The van der Waals surface area contributed by atoms with Crippen molar-refractivity contribution in [3.8, 4) is 56.3 Å². The lowest BCUT2D eigenvalue weighted by molar-refractivity contribution is 0.617. The topological polar surface area (TPSA) is 52.1 Å². The third-order valence-corrected chi connectivity index (χ3v) is 10.2. The first-order valence-electron chi connectivity index (χ1n) is 16.9. The van der Waals surface area contributed by atoms with E-state index in [0.29, 0.717) is 11.8 Å². The summed E-state index contributed by atoms with van der Waals surface area (Å²) in [4.78, 5) is 9.66. The second-order valence-electron chi connectivity index (χ2n) is 13.2. The zero-order valence-corrected chi connectivity index (χ0v) is 27.3. The highest BCUT2D eigenvalue weighted by atomic mass is 16.4. The summed E-state index contributed by atoms with van der Waals surface area (Å²) in [5.74, 6) is 1.11. The molecule has 236 valence electrons. The van der Waals surface area contributed by atoms with Crippen LogP contribution in [0.2, 0.25) is 0 Å². The molecule has 0 saturated carbocycles. The van der Waals surface area contributed by atoms with E-state index in [1.165, 1.54) is 33.4 Å². The van der Waals surface area contributed by atoms with Crippen LogP contribution < -0.4 is 0 Å². The van der Waals surface area contributed by atoms with Crippen LogP contribution in [-0.2, 0) is 5.41 Å². The van der Waals surface area contributed by atoms with Crippen molar-refractivity contribution in [1.82, 2.24) is 9.97 Å². The van der Waals surface area contributed by atoms with Gasteiger partial charge in [0.05, 0.1) is 0 Å². The molecule has 1 atom stereocenters. The van der Waals surface area contributed by atoms with Crippen LogP contribution in [0.1, 0.15) is 23.6 Å². The summed E-state index contributed by atoms with van der Waals surface area (Å²) in [5.41, 5.74) is 15.6. The molecule has 4 nitrogen and oxygen atoms in total. The Balaban J connectivity index is 1.11. The highest BCUT2D eigenvalue weighted by molar-refractivity contribution is 5.87. The van der Waals surface area contributed by atoms with E-state index >= 15 is 0 Å². The van der Waals surface area contributed by atoms with Crippen LogP contribution in [0.15, 0.2) is 173 Å². The fraction of sp³-hybridized carbons (Fsp3) is 0.0435. The Labute approximate surface area is 289 Å². The van der Waals surface area contributed by atoms with Crippen LogP contribution in [0.4, 0.5) is 0 Å². The van der Waals surface area contributed by atoms with E-state index in [-0.39, 0.29) is 5.41 Å². The summed E-state index contributed by atoms with van der Waals surface area (Å²) >= 11 is 0. The predicted octanol–water partition coefficient (Wildman–Crippen LogP) is 12.0. The molecule has 0 radical (unpaired) electrons. The molecule has 1 aliphatic carbocycles. The Hall–Kier alpha value is -6.52. The van der Waals surface area contributed by atoms with Crippen molar-refractivity contribution in [2.75, 3.05) is 0 Å². The van der Waals surface area contributed by atoms with Gasteiger partial charge in [-0.2, -0.15) is 0 Å². The summed E-state index contributed by atoms with van der Waals surface area (Å²) in [6.45, 7) is 2.36. The number of benzene rings is 7. The summed E-state index contributed by atoms with van der Waals surface area (Å²) < 4.78 is 12.5. The van der Waals surface area contributed by atoms with Crippen LogP contribution >= 0.6 is 0 Å². The van der Waals surface area contributed by atoms with Crippen molar-refractivity contribution < 1.29 is 8.83 Å². The zero-order valence-electron chi connectivity index (χ0n) is 27.3. The molecule has 0 saturated heterocycles. The van der Waals surface area contributed by atoms with Gasteiger partial charge in [-0.25, -0.2) is 9.97 Å². The van der Waals surface area contributed by atoms with Crippen LogP contribution in [0.5, 0.6) is 0 Å². The average Bonchev–Trinajstić information content (AvgIpc) is 3.89. The molecule has 0 N–H and O–H groups in total. The summed E-state index contributed by atoms with van der Waals surface area (Å²) in [7, 11) is 0. The van der Waals surface area contributed by atoms with Gasteiger partial charge in [-0.3, -0.25) is 0 Å². The smallest absolute Gasteiger partial charge is 0.227 e. The van der Waals surface area contributed by atoms with Crippen molar-refractivity contribution in [3.63, 3.8) is 0 Å². The molecule has 7 aromatic carbocycles. The molecule has 9 aromatic rings. The van der Waals surface area contributed by atoms with Gasteiger partial charge >= 0.3 is 0 Å². The number of fused-ring (bicyclic) bond motifs is 5. The van der Waals surface area contributed by atoms with Crippen molar-refractivity contribution in [2.24, 2.45) is 0 Å². The van der Waals surface area contributed by atoms with Gasteiger partial charge < -0.3 is 8.83 Å². The lowest BCUT2D eigenvalue weighted by Gasteiger charge is -2.28. The van der Waals surface area contributed by atoms with E-state index in [1.54, 1.807) is 0 Å².